The lowest BCUT2D eigenvalue weighted by atomic mass is 9.92. The summed E-state index contributed by atoms with van der Waals surface area (Å²) in [5.41, 5.74) is 1.96. The fourth-order valence-corrected chi connectivity index (χ4v) is 3.21. The molecule has 0 fully saturated rings. The van der Waals surface area contributed by atoms with E-state index in [4.69, 9.17) is 0 Å². The first-order chi connectivity index (χ1) is 9.70. The van der Waals surface area contributed by atoms with Gasteiger partial charge in [0.15, 0.2) is 0 Å². The summed E-state index contributed by atoms with van der Waals surface area (Å²) in [4.78, 5) is 4.49. The average molecular weight is 338 g/mol. The summed E-state index contributed by atoms with van der Waals surface area (Å²) < 4.78 is 14.5. The largest absolute Gasteiger partial charge is 0.376 e. The number of nitrogens with one attached hydrogen (secondary N) is 2. The molecule has 0 aromatic heterocycles. The van der Waals surface area contributed by atoms with Crippen molar-refractivity contribution in [2.24, 2.45) is 4.99 Å². The van der Waals surface area contributed by atoms with Crippen molar-refractivity contribution >= 4 is 27.5 Å². The number of fused-ring (bicyclic) bond motifs is 3. The molecule has 2 heterocycles. The van der Waals surface area contributed by atoms with Gasteiger partial charge in [-0.25, -0.2) is 9.38 Å². The van der Waals surface area contributed by atoms with Gasteiger partial charge in [-0.15, -0.1) is 0 Å². The van der Waals surface area contributed by atoms with E-state index in [-0.39, 0.29) is 17.8 Å². The number of nitrogens with zero attached hydrogens (tertiary/aromatic N) is 1. The van der Waals surface area contributed by atoms with Crippen LogP contribution < -0.4 is 10.6 Å². The van der Waals surface area contributed by atoms with Gasteiger partial charge in [-0.3, -0.25) is 0 Å². The lowest BCUT2D eigenvalue weighted by Gasteiger charge is -2.25. The number of aliphatic imine (C=N–C) groups is 1. The van der Waals surface area contributed by atoms with Crippen LogP contribution in [-0.2, 0) is 0 Å². The Hall–Kier alpha value is -1.36. The number of hydrogen-bond acceptors (Lipinski definition) is 3. The van der Waals surface area contributed by atoms with Gasteiger partial charge in [0, 0.05) is 22.9 Å². The normalized spacial score (nSPS) is 23.4. The standard InChI is InChI=1S/C15H17BrFN3/c1-2-3-6-18-15-13-10-7-9(17)4-5-12(10)20-14(13)11(16)8-19-15/h4-5,7-8,13-14,20H,2-3,6H2,1H3,(H,18,19). The predicted molar refractivity (Wildman–Crippen MR) is 83.9 cm³/mol. The molecule has 0 radical (unpaired) electrons. The molecular formula is C15H17BrFN3. The average Bonchev–Trinajstić information content (AvgIpc) is 2.81. The van der Waals surface area contributed by atoms with E-state index in [2.05, 4.69) is 38.5 Å². The van der Waals surface area contributed by atoms with Crippen LogP contribution in [0.2, 0.25) is 0 Å². The van der Waals surface area contributed by atoms with Gasteiger partial charge in [0.1, 0.15) is 11.7 Å². The van der Waals surface area contributed by atoms with Crippen LogP contribution in [0.4, 0.5) is 10.1 Å². The second-order valence-electron chi connectivity index (χ2n) is 5.14. The van der Waals surface area contributed by atoms with Gasteiger partial charge in [0.25, 0.3) is 0 Å². The number of rotatable bonds is 3. The van der Waals surface area contributed by atoms with E-state index in [0.717, 1.165) is 41.0 Å². The van der Waals surface area contributed by atoms with Gasteiger partial charge in [-0.1, -0.05) is 29.3 Å². The van der Waals surface area contributed by atoms with E-state index in [0.29, 0.717) is 0 Å². The first kappa shape index (κ1) is 13.6. The summed E-state index contributed by atoms with van der Waals surface area (Å²) in [6.45, 7) is 3.06. The quantitative estimate of drug-likeness (QED) is 0.824. The van der Waals surface area contributed by atoms with Gasteiger partial charge < -0.3 is 10.6 Å². The number of amidine groups is 1. The van der Waals surface area contributed by atoms with Crippen LogP contribution in [0.25, 0.3) is 0 Å². The van der Waals surface area contributed by atoms with E-state index in [1.165, 1.54) is 6.07 Å². The van der Waals surface area contributed by atoms with Crippen LogP contribution in [0.1, 0.15) is 31.2 Å². The number of benzene rings is 1. The number of halogens is 2. The minimum atomic E-state index is -0.204. The minimum absolute atomic E-state index is 0.0527. The Balaban J connectivity index is 1.92. The summed E-state index contributed by atoms with van der Waals surface area (Å²) in [7, 11) is 0. The van der Waals surface area contributed by atoms with Gasteiger partial charge in [-0.2, -0.15) is 0 Å². The maximum Gasteiger partial charge on any atom is 0.123 e. The monoisotopic (exact) mass is 337 g/mol. The first-order valence-corrected chi connectivity index (χ1v) is 7.73. The second kappa shape index (κ2) is 5.56. The lowest BCUT2D eigenvalue weighted by Crippen LogP contribution is -2.38. The Morgan fingerprint density at radius 1 is 1.45 bits per heavy atom. The molecule has 1 aromatic carbocycles. The molecule has 3 rings (SSSR count). The molecule has 2 aliphatic rings. The molecule has 0 aliphatic carbocycles. The summed E-state index contributed by atoms with van der Waals surface area (Å²) in [5, 5.41) is 6.83. The van der Waals surface area contributed by atoms with Crippen molar-refractivity contribution in [1.82, 2.24) is 5.32 Å². The van der Waals surface area contributed by atoms with Crippen LogP contribution in [-0.4, -0.2) is 18.4 Å². The van der Waals surface area contributed by atoms with E-state index in [1.807, 2.05) is 6.20 Å². The smallest absolute Gasteiger partial charge is 0.123 e. The molecule has 2 N–H and O–H groups in total. The van der Waals surface area contributed by atoms with Crippen molar-refractivity contribution in [2.45, 2.75) is 31.7 Å². The topological polar surface area (TPSA) is 36.4 Å². The van der Waals surface area contributed by atoms with Gasteiger partial charge in [0.2, 0.25) is 0 Å². The van der Waals surface area contributed by atoms with Crippen LogP contribution in [0.5, 0.6) is 0 Å². The fraction of sp³-hybridized carbons (Fsp3) is 0.400. The van der Waals surface area contributed by atoms with Crippen molar-refractivity contribution in [1.29, 1.82) is 0 Å². The second-order valence-corrected chi connectivity index (χ2v) is 6.06. The fourth-order valence-electron chi connectivity index (χ4n) is 2.73. The lowest BCUT2D eigenvalue weighted by molar-refractivity contribution is 0.625. The third-order valence-corrected chi connectivity index (χ3v) is 4.45. The molecule has 2 atom stereocenters. The maximum absolute atomic E-state index is 13.5. The van der Waals surface area contributed by atoms with Crippen molar-refractivity contribution in [3.63, 3.8) is 0 Å². The Morgan fingerprint density at radius 3 is 3.10 bits per heavy atom. The van der Waals surface area contributed by atoms with Crippen molar-refractivity contribution in [2.75, 3.05) is 11.9 Å². The van der Waals surface area contributed by atoms with Crippen LogP contribution in [0.3, 0.4) is 0 Å². The third kappa shape index (κ3) is 2.35. The molecule has 0 amide bonds. The van der Waals surface area contributed by atoms with Crippen molar-refractivity contribution < 1.29 is 4.39 Å². The SMILES string of the molecule is CCCCNC1=NC=C(Br)C2Nc3ccc(F)cc3C12. The van der Waals surface area contributed by atoms with E-state index < -0.39 is 0 Å². The number of anilines is 1. The zero-order chi connectivity index (χ0) is 14.1. The molecule has 106 valence electrons. The van der Waals surface area contributed by atoms with E-state index in [9.17, 15) is 4.39 Å². The van der Waals surface area contributed by atoms with E-state index >= 15 is 0 Å². The van der Waals surface area contributed by atoms with Crippen molar-refractivity contribution in [3.05, 3.63) is 40.3 Å². The highest BCUT2D eigenvalue weighted by atomic mass is 79.9. The van der Waals surface area contributed by atoms with E-state index in [1.54, 1.807) is 12.1 Å². The molecular weight excluding hydrogens is 321 g/mol. The molecule has 0 saturated carbocycles. The molecule has 0 saturated heterocycles. The molecule has 2 aliphatic heterocycles. The number of hydrogen-bond donors (Lipinski definition) is 2. The van der Waals surface area contributed by atoms with Crippen LogP contribution >= 0.6 is 15.9 Å². The molecule has 0 spiro atoms. The Kier molecular flexibility index (Phi) is 3.78. The zero-order valence-corrected chi connectivity index (χ0v) is 12.9. The molecule has 20 heavy (non-hydrogen) atoms. The minimum Gasteiger partial charge on any atom is -0.376 e. The highest BCUT2D eigenvalue weighted by molar-refractivity contribution is 9.11. The third-order valence-electron chi connectivity index (χ3n) is 3.75. The summed E-state index contributed by atoms with van der Waals surface area (Å²) in [6.07, 6.45) is 4.06. The molecule has 5 heteroatoms. The van der Waals surface area contributed by atoms with Gasteiger partial charge in [0.05, 0.1) is 12.0 Å². The summed E-state index contributed by atoms with van der Waals surface area (Å²) in [6, 6.07) is 5.00. The highest BCUT2D eigenvalue weighted by Gasteiger charge is 2.39. The van der Waals surface area contributed by atoms with Crippen LogP contribution in [0, 0.1) is 5.82 Å². The first-order valence-electron chi connectivity index (χ1n) is 6.94. The van der Waals surface area contributed by atoms with Crippen molar-refractivity contribution in [3.8, 4) is 0 Å². The molecule has 1 aromatic rings. The zero-order valence-electron chi connectivity index (χ0n) is 11.3. The summed E-state index contributed by atoms with van der Waals surface area (Å²) in [5.74, 6) is 0.769. The van der Waals surface area contributed by atoms with Gasteiger partial charge in [-0.05, 0) is 30.2 Å². The maximum atomic E-state index is 13.5. The summed E-state index contributed by atoms with van der Waals surface area (Å²) >= 11 is 3.55. The molecule has 3 nitrogen and oxygen atoms in total. The van der Waals surface area contributed by atoms with Gasteiger partial charge >= 0.3 is 0 Å². The Bertz CT molecular complexity index is 582. The van der Waals surface area contributed by atoms with Crippen LogP contribution in [0.15, 0.2) is 33.9 Å². The molecule has 2 unspecified atom stereocenters. The Labute approximate surface area is 126 Å². The molecule has 0 bridgehead atoms. The predicted octanol–water partition coefficient (Wildman–Crippen LogP) is 3.74. The Morgan fingerprint density at radius 2 is 2.30 bits per heavy atom. The number of unbranched alkanes of at least 4 members (excludes halogenated alkanes) is 1. The highest BCUT2D eigenvalue weighted by Crippen LogP contribution is 2.42.